The minimum atomic E-state index is -0.108. The van der Waals surface area contributed by atoms with Gasteiger partial charge in [-0.25, -0.2) is 4.68 Å². The van der Waals surface area contributed by atoms with Gasteiger partial charge in [0.15, 0.2) is 0 Å². The number of amides is 1. The number of ether oxygens (including phenoxy) is 1. The lowest BCUT2D eigenvalue weighted by atomic mass is 9.92. The van der Waals surface area contributed by atoms with Crippen molar-refractivity contribution in [1.29, 1.82) is 0 Å². The number of nitrogens with one attached hydrogen (secondary N) is 1. The van der Waals surface area contributed by atoms with Gasteiger partial charge < -0.3 is 10.1 Å². The molecular weight excluding hydrogens is 318 g/mol. The average molecular weight is 341 g/mol. The third-order valence-corrected chi connectivity index (χ3v) is 4.59. The van der Waals surface area contributed by atoms with Crippen LogP contribution in [0.4, 0.5) is 0 Å². The molecule has 1 N–H and O–H groups in total. The number of hydrogen-bond acceptors (Lipinski definition) is 4. The summed E-state index contributed by atoms with van der Waals surface area (Å²) in [6.07, 6.45) is 3.41. The highest BCUT2D eigenvalue weighted by atomic mass is 16.5. The van der Waals surface area contributed by atoms with Crippen molar-refractivity contribution in [1.82, 2.24) is 15.1 Å². The molecule has 1 heterocycles. The number of methoxy groups -OCH3 is 1. The maximum Gasteiger partial charge on any atom is 0.266 e. The van der Waals surface area contributed by atoms with Crippen molar-refractivity contribution in [3.05, 3.63) is 57.5 Å². The zero-order chi connectivity index (χ0) is 17.8. The lowest BCUT2D eigenvalue weighted by molar-refractivity contribution is -0.121. The molecule has 6 heteroatoms. The summed E-state index contributed by atoms with van der Waals surface area (Å²) in [7, 11) is 3.30. The Bertz CT molecular complexity index is 829. The summed E-state index contributed by atoms with van der Waals surface area (Å²) >= 11 is 0. The predicted octanol–water partition coefficient (Wildman–Crippen LogP) is 1.40. The number of carbonyl (C=O) groups is 1. The zero-order valence-corrected chi connectivity index (χ0v) is 14.6. The van der Waals surface area contributed by atoms with Crippen molar-refractivity contribution in [2.75, 3.05) is 7.11 Å². The molecule has 0 fully saturated rings. The van der Waals surface area contributed by atoms with E-state index >= 15 is 0 Å². The van der Waals surface area contributed by atoms with Crippen LogP contribution in [0.2, 0.25) is 0 Å². The molecule has 1 aliphatic rings. The second kappa shape index (κ2) is 7.51. The van der Waals surface area contributed by atoms with E-state index in [2.05, 4.69) is 10.4 Å². The highest BCUT2D eigenvalue weighted by molar-refractivity contribution is 5.76. The van der Waals surface area contributed by atoms with Crippen LogP contribution in [0.5, 0.6) is 5.75 Å². The number of nitrogens with zero attached hydrogens (tertiary/aromatic N) is 2. The number of fused-ring (bicyclic) bond motifs is 1. The van der Waals surface area contributed by atoms with Gasteiger partial charge in [0.25, 0.3) is 5.56 Å². The summed E-state index contributed by atoms with van der Waals surface area (Å²) in [5.74, 6) is 0.837. The van der Waals surface area contributed by atoms with Crippen LogP contribution in [0.15, 0.2) is 35.1 Å². The summed E-state index contributed by atoms with van der Waals surface area (Å²) in [4.78, 5) is 24.0. The molecular formula is C19H23N3O3. The molecule has 0 spiro atoms. The van der Waals surface area contributed by atoms with Crippen molar-refractivity contribution in [2.45, 2.75) is 38.1 Å². The Morgan fingerprint density at radius 3 is 3.04 bits per heavy atom. The summed E-state index contributed by atoms with van der Waals surface area (Å²) in [5, 5.41) is 7.38. The predicted molar refractivity (Wildman–Crippen MR) is 94.7 cm³/mol. The molecule has 1 unspecified atom stereocenters. The van der Waals surface area contributed by atoms with Gasteiger partial charge >= 0.3 is 0 Å². The van der Waals surface area contributed by atoms with E-state index in [1.54, 1.807) is 20.2 Å². The van der Waals surface area contributed by atoms with E-state index in [4.69, 9.17) is 4.74 Å². The first-order valence-corrected chi connectivity index (χ1v) is 8.53. The number of rotatable bonds is 5. The lowest BCUT2D eigenvalue weighted by Crippen LogP contribution is -2.40. The first-order valence-electron chi connectivity index (χ1n) is 8.53. The molecule has 0 aliphatic heterocycles. The SMILES string of the molecule is COc1cccc(CCC(=O)NC2CCc3nn(C)c(=O)cc3C2)c1. The maximum absolute atomic E-state index is 12.2. The first-order chi connectivity index (χ1) is 12.0. The highest BCUT2D eigenvalue weighted by Gasteiger charge is 2.22. The molecule has 0 saturated carbocycles. The van der Waals surface area contributed by atoms with Crippen molar-refractivity contribution in [2.24, 2.45) is 7.05 Å². The second-order valence-electron chi connectivity index (χ2n) is 6.44. The van der Waals surface area contributed by atoms with Crippen molar-refractivity contribution < 1.29 is 9.53 Å². The summed E-state index contributed by atoms with van der Waals surface area (Å²) in [5.41, 5.74) is 2.89. The number of benzene rings is 1. The van der Waals surface area contributed by atoms with Crippen LogP contribution in [0.25, 0.3) is 0 Å². The molecule has 6 nitrogen and oxygen atoms in total. The second-order valence-corrected chi connectivity index (χ2v) is 6.44. The quantitative estimate of drug-likeness (QED) is 0.892. The Morgan fingerprint density at radius 2 is 2.24 bits per heavy atom. The van der Waals surface area contributed by atoms with Crippen molar-refractivity contribution in [3.8, 4) is 5.75 Å². The zero-order valence-electron chi connectivity index (χ0n) is 14.6. The molecule has 0 radical (unpaired) electrons. The molecule has 1 aliphatic carbocycles. The van der Waals surface area contributed by atoms with Gasteiger partial charge in [-0.3, -0.25) is 9.59 Å². The van der Waals surface area contributed by atoms with E-state index in [1.165, 1.54) is 4.68 Å². The fourth-order valence-electron chi connectivity index (χ4n) is 3.19. The molecule has 1 aromatic heterocycles. The standard InChI is InChI=1S/C19H23N3O3/c1-22-19(24)12-14-11-15(7-8-17(14)21-22)20-18(23)9-6-13-4-3-5-16(10-13)25-2/h3-5,10,12,15H,6-9,11H2,1-2H3,(H,20,23). The highest BCUT2D eigenvalue weighted by Crippen LogP contribution is 2.18. The van der Waals surface area contributed by atoms with Gasteiger partial charge in [-0.2, -0.15) is 5.10 Å². The Balaban J connectivity index is 1.55. The van der Waals surface area contributed by atoms with E-state index < -0.39 is 0 Å². The van der Waals surface area contributed by atoms with Crippen LogP contribution in [-0.2, 0) is 31.1 Å². The molecule has 25 heavy (non-hydrogen) atoms. The summed E-state index contributed by atoms with van der Waals surface area (Å²) in [6.45, 7) is 0. The molecule has 132 valence electrons. The van der Waals surface area contributed by atoms with Gasteiger partial charge in [0.05, 0.1) is 12.8 Å². The summed E-state index contributed by atoms with van der Waals surface area (Å²) in [6, 6.07) is 9.47. The van der Waals surface area contributed by atoms with E-state index in [1.807, 2.05) is 24.3 Å². The Hall–Kier alpha value is -2.63. The van der Waals surface area contributed by atoms with Crippen LogP contribution in [-0.4, -0.2) is 28.8 Å². The minimum absolute atomic E-state index is 0.0352. The smallest absolute Gasteiger partial charge is 0.266 e. The lowest BCUT2D eigenvalue weighted by Gasteiger charge is -2.24. The largest absolute Gasteiger partial charge is 0.497 e. The summed E-state index contributed by atoms with van der Waals surface area (Å²) < 4.78 is 6.57. The van der Waals surface area contributed by atoms with Gasteiger partial charge in [0.1, 0.15) is 5.75 Å². The molecule has 1 aromatic carbocycles. The van der Waals surface area contributed by atoms with Gasteiger partial charge in [0.2, 0.25) is 5.91 Å². The molecule has 1 amide bonds. The number of hydrogen-bond donors (Lipinski definition) is 1. The molecule has 1 atom stereocenters. The van der Waals surface area contributed by atoms with Crippen molar-refractivity contribution >= 4 is 5.91 Å². The Kier molecular flexibility index (Phi) is 5.16. The fraction of sp³-hybridized carbons (Fsp3) is 0.421. The van der Waals surface area contributed by atoms with Gasteiger partial charge in [-0.05, 0) is 48.9 Å². The number of carbonyl (C=O) groups excluding carboxylic acids is 1. The normalized spacial score (nSPS) is 16.2. The van der Waals surface area contributed by atoms with E-state index in [0.717, 1.165) is 35.4 Å². The van der Waals surface area contributed by atoms with Gasteiger partial charge in [0, 0.05) is 25.6 Å². The molecule has 0 saturated heterocycles. The van der Waals surface area contributed by atoms with E-state index in [-0.39, 0.29) is 17.5 Å². The van der Waals surface area contributed by atoms with Crippen LogP contribution in [0.3, 0.4) is 0 Å². The topological polar surface area (TPSA) is 73.2 Å². The Morgan fingerprint density at radius 1 is 1.40 bits per heavy atom. The van der Waals surface area contributed by atoms with Gasteiger partial charge in [-0.15, -0.1) is 0 Å². The molecule has 3 rings (SSSR count). The first kappa shape index (κ1) is 17.2. The fourth-order valence-corrected chi connectivity index (χ4v) is 3.19. The average Bonchev–Trinajstić information content (AvgIpc) is 2.61. The monoisotopic (exact) mass is 341 g/mol. The Labute approximate surface area is 146 Å². The third-order valence-electron chi connectivity index (χ3n) is 4.59. The van der Waals surface area contributed by atoms with Crippen molar-refractivity contribution in [3.63, 3.8) is 0 Å². The van der Waals surface area contributed by atoms with Gasteiger partial charge in [-0.1, -0.05) is 12.1 Å². The third kappa shape index (κ3) is 4.26. The molecule has 2 aromatic rings. The van der Waals surface area contributed by atoms with Crippen LogP contribution < -0.4 is 15.6 Å². The van der Waals surface area contributed by atoms with Crippen LogP contribution in [0, 0.1) is 0 Å². The minimum Gasteiger partial charge on any atom is -0.497 e. The van der Waals surface area contributed by atoms with E-state index in [9.17, 15) is 9.59 Å². The number of aromatic nitrogens is 2. The van der Waals surface area contributed by atoms with E-state index in [0.29, 0.717) is 19.3 Å². The van der Waals surface area contributed by atoms with Crippen LogP contribution in [0.1, 0.15) is 29.7 Å². The maximum atomic E-state index is 12.2. The van der Waals surface area contributed by atoms with Crippen LogP contribution >= 0.6 is 0 Å². The molecule has 0 bridgehead atoms. The number of aryl methyl sites for hydroxylation is 3.